The number of rotatable bonds is 4. The Kier molecular flexibility index (Phi) is 4.43. The van der Waals surface area contributed by atoms with E-state index in [4.69, 9.17) is 0 Å². The molecule has 1 heterocycles. The van der Waals surface area contributed by atoms with E-state index in [2.05, 4.69) is 16.6 Å². The van der Waals surface area contributed by atoms with Crippen LogP contribution >= 0.6 is 11.8 Å². The summed E-state index contributed by atoms with van der Waals surface area (Å²) in [6.45, 7) is 0.684. The SMILES string of the molecule is CSC1(CNc2ncc(F)cc2F)CCCCC1. The van der Waals surface area contributed by atoms with Crippen molar-refractivity contribution in [1.82, 2.24) is 4.98 Å². The van der Waals surface area contributed by atoms with Crippen molar-refractivity contribution in [2.45, 2.75) is 36.9 Å². The van der Waals surface area contributed by atoms with E-state index in [9.17, 15) is 8.78 Å². The van der Waals surface area contributed by atoms with E-state index in [1.165, 1.54) is 19.3 Å². The van der Waals surface area contributed by atoms with Crippen LogP contribution in [0.2, 0.25) is 0 Å². The molecule has 0 amide bonds. The van der Waals surface area contributed by atoms with Crippen LogP contribution in [0.3, 0.4) is 0 Å². The molecule has 1 aromatic rings. The first-order valence-corrected chi connectivity index (χ1v) is 7.48. The van der Waals surface area contributed by atoms with Gasteiger partial charge in [-0.3, -0.25) is 0 Å². The van der Waals surface area contributed by atoms with Crippen LogP contribution in [0.5, 0.6) is 0 Å². The van der Waals surface area contributed by atoms with Crippen LogP contribution in [0.15, 0.2) is 12.3 Å². The highest BCUT2D eigenvalue weighted by molar-refractivity contribution is 8.00. The highest BCUT2D eigenvalue weighted by Gasteiger charge is 2.31. The Labute approximate surface area is 111 Å². The molecule has 0 radical (unpaired) electrons. The van der Waals surface area contributed by atoms with Gasteiger partial charge in [0.1, 0.15) is 5.82 Å². The number of hydrogen-bond acceptors (Lipinski definition) is 3. The molecule has 1 saturated carbocycles. The molecule has 0 saturated heterocycles. The van der Waals surface area contributed by atoms with Crippen LogP contribution in [0.25, 0.3) is 0 Å². The third kappa shape index (κ3) is 3.13. The van der Waals surface area contributed by atoms with Crippen molar-refractivity contribution >= 4 is 17.6 Å². The zero-order valence-corrected chi connectivity index (χ0v) is 11.3. The molecule has 0 aliphatic heterocycles. The molecule has 2 rings (SSSR count). The van der Waals surface area contributed by atoms with E-state index in [-0.39, 0.29) is 10.6 Å². The molecule has 1 aromatic heterocycles. The minimum Gasteiger partial charge on any atom is -0.366 e. The fourth-order valence-electron chi connectivity index (χ4n) is 2.44. The molecule has 0 aromatic carbocycles. The van der Waals surface area contributed by atoms with E-state index in [1.54, 1.807) is 0 Å². The molecular formula is C13H18F2N2S. The zero-order chi connectivity index (χ0) is 13.0. The molecule has 1 fully saturated rings. The Morgan fingerprint density at radius 2 is 2.06 bits per heavy atom. The first-order valence-electron chi connectivity index (χ1n) is 6.25. The summed E-state index contributed by atoms with van der Waals surface area (Å²) in [7, 11) is 0. The van der Waals surface area contributed by atoms with Gasteiger partial charge in [-0.1, -0.05) is 19.3 Å². The quantitative estimate of drug-likeness (QED) is 0.901. The van der Waals surface area contributed by atoms with Gasteiger partial charge in [-0.05, 0) is 19.1 Å². The number of halogens is 2. The minimum atomic E-state index is -0.643. The number of aromatic nitrogens is 1. The summed E-state index contributed by atoms with van der Waals surface area (Å²) in [5.74, 6) is -1.12. The summed E-state index contributed by atoms with van der Waals surface area (Å²) in [4.78, 5) is 3.76. The molecular weight excluding hydrogens is 254 g/mol. The third-order valence-corrected chi connectivity index (χ3v) is 5.00. The van der Waals surface area contributed by atoms with Crippen LogP contribution in [-0.2, 0) is 0 Å². The van der Waals surface area contributed by atoms with E-state index in [1.807, 2.05) is 11.8 Å². The number of pyridine rings is 1. The van der Waals surface area contributed by atoms with Gasteiger partial charge in [-0.15, -0.1) is 0 Å². The smallest absolute Gasteiger partial charge is 0.168 e. The molecule has 100 valence electrons. The Balaban J connectivity index is 2.01. The normalized spacial score (nSPS) is 18.6. The van der Waals surface area contributed by atoms with Crippen LogP contribution in [0.4, 0.5) is 14.6 Å². The summed E-state index contributed by atoms with van der Waals surface area (Å²) in [6, 6.07) is 0.863. The highest BCUT2D eigenvalue weighted by atomic mass is 32.2. The highest BCUT2D eigenvalue weighted by Crippen LogP contribution is 2.38. The number of anilines is 1. The first kappa shape index (κ1) is 13.6. The van der Waals surface area contributed by atoms with Gasteiger partial charge in [0.05, 0.1) is 6.20 Å². The lowest BCUT2D eigenvalue weighted by atomic mass is 9.88. The summed E-state index contributed by atoms with van der Waals surface area (Å²) in [6.07, 6.45) is 9.16. The minimum absolute atomic E-state index is 0.149. The lowest BCUT2D eigenvalue weighted by Gasteiger charge is -2.36. The summed E-state index contributed by atoms with van der Waals surface area (Å²) < 4.78 is 26.4. The van der Waals surface area contributed by atoms with Crippen molar-refractivity contribution in [2.24, 2.45) is 0 Å². The molecule has 0 spiro atoms. The molecule has 0 unspecified atom stereocenters. The van der Waals surface area contributed by atoms with Crippen molar-refractivity contribution in [3.63, 3.8) is 0 Å². The van der Waals surface area contributed by atoms with Crippen LogP contribution < -0.4 is 5.32 Å². The molecule has 1 aliphatic carbocycles. The van der Waals surface area contributed by atoms with E-state index >= 15 is 0 Å². The van der Waals surface area contributed by atoms with Crippen LogP contribution in [0, 0.1) is 11.6 Å². The molecule has 18 heavy (non-hydrogen) atoms. The summed E-state index contributed by atoms with van der Waals surface area (Å²) in [5, 5.41) is 3.03. The maximum atomic E-state index is 13.5. The summed E-state index contributed by atoms with van der Waals surface area (Å²) >= 11 is 1.83. The second-order valence-electron chi connectivity index (χ2n) is 4.79. The van der Waals surface area contributed by atoms with Crippen molar-refractivity contribution in [1.29, 1.82) is 0 Å². The molecule has 2 nitrogen and oxygen atoms in total. The third-order valence-electron chi connectivity index (χ3n) is 3.58. The lowest BCUT2D eigenvalue weighted by Crippen LogP contribution is -2.35. The Morgan fingerprint density at radius 3 is 2.67 bits per heavy atom. The fourth-order valence-corrected chi connectivity index (χ4v) is 3.35. The van der Waals surface area contributed by atoms with E-state index in [0.29, 0.717) is 6.54 Å². The fraction of sp³-hybridized carbons (Fsp3) is 0.615. The van der Waals surface area contributed by atoms with Gasteiger partial charge in [-0.25, -0.2) is 13.8 Å². The maximum Gasteiger partial charge on any atom is 0.168 e. The van der Waals surface area contributed by atoms with Gasteiger partial charge in [0.15, 0.2) is 11.6 Å². The maximum absolute atomic E-state index is 13.5. The second-order valence-corrected chi connectivity index (χ2v) is 6.06. The molecule has 0 atom stereocenters. The van der Waals surface area contributed by atoms with Crippen LogP contribution in [0.1, 0.15) is 32.1 Å². The second kappa shape index (κ2) is 5.87. The lowest BCUT2D eigenvalue weighted by molar-refractivity contribution is 0.410. The Bertz CT molecular complexity index is 406. The van der Waals surface area contributed by atoms with Crippen LogP contribution in [-0.4, -0.2) is 22.5 Å². The average molecular weight is 272 g/mol. The predicted octanol–water partition coefficient (Wildman–Crippen LogP) is 3.84. The number of nitrogens with zero attached hydrogens (tertiary/aromatic N) is 1. The zero-order valence-electron chi connectivity index (χ0n) is 10.5. The standard InChI is InChI=1S/C13H18F2N2S/c1-18-13(5-3-2-4-6-13)9-17-12-11(15)7-10(14)8-16-12/h7-8H,2-6,9H2,1H3,(H,16,17). The summed E-state index contributed by atoms with van der Waals surface area (Å²) in [5.41, 5.74) is 0. The Hall–Kier alpha value is -0.840. The van der Waals surface area contributed by atoms with Gasteiger partial charge >= 0.3 is 0 Å². The Morgan fingerprint density at radius 1 is 1.33 bits per heavy atom. The molecule has 0 bridgehead atoms. The monoisotopic (exact) mass is 272 g/mol. The number of nitrogens with one attached hydrogen (secondary N) is 1. The first-order chi connectivity index (χ1) is 8.65. The average Bonchev–Trinajstić information content (AvgIpc) is 2.39. The van der Waals surface area contributed by atoms with E-state index < -0.39 is 11.6 Å². The van der Waals surface area contributed by atoms with Gasteiger partial charge in [-0.2, -0.15) is 11.8 Å². The predicted molar refractivity (Wildman–Crippen MR) is 72.0 cm³/mol. The number of hydrogen-bond donors (Lipinski definition) is 1. The van der Waals surface area contributed by atoms with E-state index in [0.717, 1.165) is 25.1 Å². The van der Waals surface area contributed by atoms with Gasteiger partial charge in [0.2, 0.25) is 0 Å². The van der Waals surface area contributed by atoms with Crippen molar-refractivity contribution in [3.8, 4) is 0 Å². The largest absolute Gasteiger partial charge is 0.366 e. The molecule has 5 heteroatoms. The van der Waals surface area contributed by atoms with Gasteiger partial charge in [0, 0.05) is 17.4 Å². The van der Waals surface area contributed by atoms with Crippen molar-refractivity contribution in [2.75, 3.05) is 18.1 Å². The van der Waals surface area contributed by atoms with Gasteiger partial charge in [0.25, 0.3) is 0 Å². The van der Waals surface area contributed by atoms with Gasteiger partial charge < -0.3 is 5.32 Å². The molecule has 1 N–H and O–H groups in total. The topological polar surface area (TPSA) is 24.9 Å². The number of thioether (sulfide) groups is 1. The van der Waals surface area contributed by atoms with Crippen molar-refractivity contribution in [3.05, 3.63) is 23.9 Å². The van der Waals surface area contributed by atoms with Crippen molar-refractivity contribution < 1.29 is 8.78 Å². The molecule has 1 aliphatic rings.